The molecule has 0 saturated carbocycles. The fraction of sp³-hybridized carbons (Fsp3) is 0.611. The maximum Gasteiger partial charge on any atom is 0.243 e. The SMILES string of the molecule is CCN(CC)S(=O)(=O)c1cc(C)c(C)c(NC(=O)CC2CSCCN2)c1.Cl. The molecule has 6 nitrogen and oxygen atoms in total. The van der Waals surface area contributed by atoms with Crippen molar-refractivity contribution in [1.29, 1.82) is 0 Å². The lowest BCUT2D eigenvalue weighted by Gasteiger charge is -2.23. The van der Waals surface area contributed by atoms with Crippen molar-refractivity contribution in [3.8, 4) is 0 Å². The Kier molecular flexibility index (Phi) is 9.57. The Bertz CT molecular complexity index is 746. The van der Waals surface area contributed by atoms with E-state index in [2.05, 4.69) is 10.6 Å². The molecule has 1 aromatic carbocycles. The van der Waals surface area contributed by atoms with Crippen LogP contribution in [0.25, 0.3) is 0 Å². The van der Waals surface area contributed by atoms with E-state index in [1.54, 1.807) is 12.1 Å². The number of sulfonamides is 1. The Hall–Kier alpha value is -0.800. The highest BCUT2D eigenvalue weighted by Gasteiger charge is 2.24. The van der Waals surface area contributed by atoms with Crippen LogP contribution in [-0.4, -0.2) is 55.8 Å². The smallest absolute Gasteiger partial charge is 0.243 e. The van der Waals surface area contributed by atoms with E-state index in [-0.39, 0.29) is 29.3 Å². The molecule has 9 heteroatoms. The third kappa shape index (κ3) is 6.09. The lowest BCUT2D eigenvalue weighted by Crippen LogP contribution is -2.40. The Morgan fingerprint density at radius 2 is 1.96 bits per heavy atom. The van der Waals surface area contributed by atoms with Crippen molar-refractivity contribution in [2.24, 2.45) is 0 Å². The van der Waals surface area contributed by atoms with Crippen molar-refractivity contribution in [3.05, 3.63) is 23.3 Å². The average molecular weight is 436 g/mol. The molecule has 0 radical (unpaired) electrons. The predicted octanol–water partition coefficient (Wildman–Crippen LogP) is 2.79. The second-order valence-corrected chi connectivity index (χ2v) is 9.57. The summed E-state index contributed by atoms with van der Waals surface area (Å²) < 4.78 is 27.0. The van der Waals surface area contributed by atoms with Crippen LogP contribution >= 0.6 is 24.2 Å². The number of hydrogen-bond donors (Lipinski definition) is 2. The van der Waals surface area contributed by atoms with Gasteiger partial charge >= 0.3 is 0 Å². The predicted molar refractivity (Wildman–Crippen MR) is 116 cm³/mol. The molecule has 1 atom stereocenters. The van der Waals surface area contributed by atoms with Crippen LogP contribution in [0.3, 0.4) is 0 Å². The number of amides is 1. The number of nitrogens with zero attached hydrogens (tertiary/aromatic N) is 1. The van der Waals surface area contributed by atoms with Crippen molar-refractivity contribution >= 4 is 45.8 Å². The molecule has 1 aliphatic rings. The number of nitrogens with one attached hydrogen (secondary N) is 2. The van der Waals surface area contributed by atoms with Gasteiger partial charge in [0.05, 0.1) is 4.90 Å². The van der Waals surface area contributed by atoms with Gasteiger partial charge in [-0.15, -0.1) is 12.4 Å². The first-order chi connectivity index (χ1) is 12.3. The lowest BCUT2D eigenvalue weighted by molar-refractivity contribution is -0.116. The summed E-state index contributed by atoms with van der Waals surface area (Å²) in [5, 5.41) is 6.26. The average Bonchev–Trinajstić information content (AvgIpc) is 2.60. The second kappa shape index (κ2) is 10.7. The summed E-state index contributed by atoms with van der Waals surface area (Å²) in [6, 6.07) is 3.42. The number of rotatable bonds is 7. The molecule has 0 bridgehead atoms. The van der Waals surface area contributed by atoms with E-state index in [4.69, 9.17) is 0 Å². The van der Waals surface area contributed by atoms with Gasteiger partial charge in [0.1, 0.15) is 0 Å². The Labute approximate surface area is 173 Å². The number of carbonyl (C=O) groups is 1. The van der Waals surface area contributed by atoms with E-state index in [1.807, 2.05) is 39.5 Å². The Morgan fingerprint density at radius 3 is 2.52 bits per heavy atom. The van der Waals surface area contributed by atoms with Crippen molar-refractivity contribution in [3.63, 3.8) is 0 Å². The van der Waals surface area contributed by atoms with Gasteiger partial charge < -0.3 is 10.6 Å². The van der Waals surface area contributed by atoms with Gasteiger partial charge in [-0.25, -0.2) is 8.42 Å². The van der Waals surface area contributed by atoms with Crippen LogP contribution in [0, 0.1) is 13.8 Å². The zero-order valence-corrected chi connectivity index (χ0v) is 18.8. The highest BCUT2D eigenvalue weighted by atomic mass is 35.5. The van der Waals surface area contributed by atoms with Gasteiger partial charge in [-0.05, 0) is 37.1 Å². The molecular formula is C18H30ClN3O3S2. The van der Waals surface area contributed by atoms with Gasteiger partial charge in [0, 0.05) is 49.3 Å². The maximum absolute atomic E-state index is 12.8. The summed E-state index contributed by atoms with van der Waals surface area (Å²) in [7, 11) is -3.56. The second-order valence-electron chi connectivity index (χ2n) is 6.48. The Morgan fingerprint density at radius 1 is 1.30 bits per heavy atom. The number of hydrogen-bond acceptors (Lipinski definition) is 5. The first-order valence-electron chi connectivity index (χ1n) is 9.02. The summed E-state index contributed by atoms with van der Waals surface area (Å²) in [6.45, 7) is 9.15. The molecule has 2 rings (SSSR count). The highest BCUT2D eigenvalue weighted by molar-refractivity contribution is 7.99. The normalized spacial score (nSPS) is 17.4. The van der Waals surface area contributed by atoms with Crippen molar-refractivity contribution < 1.29 is 13.2 Å². The van der Waals surface area contributed by atoms with Crippen LogP contribution in [0.4, 0.5) is 5.69 Å². The summed E-state index contributed by atoms with van der Waals surface area (Å²) >= 11 is 1.84. The maximum atomic E-state index is 12.8. The summed E-state index contributed by atoms with van der Waals surface area (Å²) in [5.74, 6) is 1.90. The molecule has 1 amide bonds. The first-order valence-corrected chi connectivity index (χ1v) is 11.6. The van der Waals surface area contributed by atoms with Crippen LogP contribution in [0.5, 0.6) is 0 Å². The number of aryl methyl sites for hydroxylation is 1. The molecule has 1 unspecified atom stereocenters. The van der Waals surface area contributed by atoms with E-state index in [9.17, 15) is 13.2 Å². The number of anilines is 1. The van der Waals surface area contributed by atoms with E-state index in [1.165, 1.54) is 4.31 Å². The molecule has 1 saturated heterocycles. The molecule has 1 aliphatic heterocycles. The Balaban J connectivity index is 0.00000364. The zero-order chi connectivity index (χ0) is 19.3. The quantitative estimate of drug-likeness (QED) is 0.688. The summed E-state index contributed by atoms with van der Waals surface area (Å²) in [5.41, 5.74) is 2.31. The van der Waals surface area contributed by atoms with Crippen LogP contribution < -0.4 is 10.6 Å². The van der Waals surface area contributed by atoms with E-state index in [0.717, 1.165) is 29.2 Å². The number of carbonyl (C=O) groups excluding carboxylic acids is 1. The number of benzene rings is 1. The van der Waals surface area contributed by atoms with Gasteiger partial charge in [-0.3, -0.25) is 4.79 Å². The molecule has 0 aromatic heterocycles. The van der Waals surface area contributed by atoms with Gasteiger partial charge in [-0.2, -0.15) is 16.1 Å². The zero-order valence-electron chi connectivity index (χ0n) is 16.4. The fourth-order valence-electron chi connectivity index (χ4n) is 2.99. The molecule has 0 spiro atoms. The molecule has 2 N–H and O–H groups in total. The minimum Gasteiger partial charge on any atom is -0.326 e. The van der Waals surface area contributed by atoms with Gasteiger partial charge in [0.2, 0.25) is 15.9 Å². The van der Waals surface area contributed by atoms with Crippen molar-refractivity contribution in [1.82, 2.24) is 9.62 Å². The standard InChI is InChI=1S/C18H29N3O3S2.ClH/c1-5-21(6-2)26(23,24)16-9-13(3)14(4)17(11-16)20-18(22)10-15-12-25-8-7-19-15;/h9,11,15,19H,5-8,10,12H2,1-4H3,(H,20,22);1H. The molecule has 27 heavy (non-hydrogen) atoms. The van der Waals surface area contributed by atoms with Crippen LogP contribution in [0.2, 0.25) is 0 Å². The minimum atomic E-state index is -3.56. The highest BCUT2D eigenvalue weighted by Crippen LogP contribution is 2.26. The monoisotopic (exact) mass is 435 g/mol. The largest absolute Gasteiger partial charge is 0.326 e. The third-order valence-electron chi connectivity index (χ3n) is 4.69. The van der Waals surface area contributed by atoms with Crippen molar-refractivity contribution in [2.75, 3.05) is 36.5 Å². The fourth-order valence-corrected chi connectivity index (χ4v) is 5.51. The molecule has 1 aromatic rings. The molecule has 1 fully saturated rings. The van der Waals surface area contributed by atoms with E-state index in [0.29, 0.717) is 25.2 Å². The summed E-state index contributed by atoms with van der Waals surface area (Å²) in [6.07, 6.45) is 0.387. The van der Waals surface area contributed by atoms with Gasteiger partial charge in [0.25, 0.3) is 0 Å². The molecule has 1 heterocycles. The molecular weight excluding hydrogens is 406 g/mol. The number of thioether (sulfide) groups is 1. The van der Waals surface area contributed by atoms with Crippen LogP contribution in [-0.2, 0) is 14.8 Å². The topological polar surface area (TPSA) is 78.5 Å². The molecule has 0 aliphatic carbocycles. The van der Waals surface area contributed by atoms with Crippen molar-refractivity contribution in [2.45, 2.75) is 45.1 Å². The van der Waals surface area contributed by atoms with Crippen LogP contribution in [0.1, 0.15) is 31.4 Å². The molecule has 154 valence electrons. The van der Waals surface area contributed by atoms with Crippen LogP contribution in [0.15, 0.2) is 17.0 Å². The van der Waals surface area contributed by atoms with E-state index < -0.39 is 10.0 Å². The third-order valence-corrected chi connectivity index (χ3v) is 7.85. The first kappa shape index (κ1) is 24.2. The lowest BCUT2D eigenvalue weighted by atomic mass is 10.1. The van der Waals surface area contributed by atoms with Gasteiger partial charge in [0.15, 0.2) is 0 Å². The number of halogens is 1. The van der Waals surface area contributed by atoms with Gasteiger partial charge in [-0.1, -0.05) is 13.8 Å². The minimum absolute atomic E-state index is 0. The summed E-state index contributed by atoms with van der Waals surface area (Å²) in [4.78, 5) is 12.7. The van der Waals surface area contributed by atoms with E-state index >= 15 is 0 Å².